The van der Waals surface area contributed by atoms with Crippen molar-refractivity contribution in [3.63, 3.8) is 0 Å². The van der Waals surface area contributed by atoms with E-state index in [1.165, 1.54) is 4.90 Å². The minimum Gasteiger partial charge on any atom is -0.465 e. The Bertz CT molecular complexity index is 1110. The molecule has 4 rings (SSSR count). The lowest BCUT2D eigenvalue weighted by Crippen LogP contribution is -2.43. The molecule has 3 aromatic carbocycles. The van der Waals surface area contributed by atoms with E-state index in [-0.39, 0.29) is 25.0 Å². The third-order valence-corrected chi connectivity index (χ3v) is 6.24. The third-order valence-electron chi connectivity index (χ3n) is 6.24. The number of carboxylic acid groups (broad SMARTS) is 1. The fourth-order valence-electron chi connectivity index (χ4n) is 4.34. The second kappa shape index (κ2) is 11.1. The van der Waals surface area contributed by atoms with E-state index >= 15 is 0 Å². The lowest BCUT2D eigenvalue weighted by atomic mass is 9.87. The third kappa shape index (κ3) is 5.73. The van der Waals surface area contributed by atoms with Crippen LogP contribution in [-0.2, 0) is 14.3 Å². The number of benzene rings is 3. The van der Waals surface area contributed by atoms with Crippen LogP contribution < -0.4 is 0 Å². The van der Waals surface area contributed by atoms with Crippen molar-refractivity contribution in [1.82, 2.24) is 9.80 Å². The van der Waals surface area contributed by atoms with Crippen LogP contribution in [0.1, 0.15) is 23.1 Å². The van der Waals surface area contributed by atoms with Crippen molar-refractivity contribution in [2.45, 2.75) is 12.0 Å². The van der Waals surface area contributed by atoms with Gasteiger partial charge in [-0.1, -0.05) is 72.8 Å². The first-order valence-electron chi connectivity index (χ1n) is 11.5. The summed E-state index contributed by atoms with van der Waals surface area (Å²) >= 11 is 0. The van der Waals surface area contributed by atoms with Gasteiger partial charge in [0.25, 0.3) is 0 Å². The number of carbonyl (C=O) groups is 2. The number of morpholine rings is 1. The Hall–Kier alpha value is -3.42. The predicted molar refractivity (Wildman–Crippen MR) is 130 cm³/mol. The van der Waals surface area contributed by atoms with Crippen LogP contribution >= 0.6 is 0 Å². The summed E-state index contributed by atoms with van der Waals surface area (Å²) in [7, 11) is 1.55. The summed E-state index contributed by atoms with van der Waals surface area (Å²) in [6.45, 7) is 2.29. The van der Waals surface area contributed by atoms with Gasteiger partial charge >= 0.3 is 6.09 Å². The van der Waals surface area contributed by atoms with Gasteiger partial charge in [-0.25, -0.2) is 4.79 Å². The Balaban J connectivity index is 1.67. The molecule has 0 saturated carbocycles. The molecule has 3 aromatic rings. The zero-order chi connectivity index (χ0) is 23.9. The number of nitrogens with zero attached hydrogens (tertiary/aromatic N) is 2. The van der Waals surface area contributed by atoms with Crippen molar-refractivity contribution < 1.29 is 24.2 Å². The molecule has 34 heavy (non-hydrogen) atoms. The summed E-state index contributed by atoms with van der Waals surface area (Å²) in [4.78, 5) is 27.6. The molecular weight excluding hydrogens is 432 g/mol. The lowest BCUT2D eigenvalue weighted by Gasteiger charge is -2.32. The average molecular weight is 463 g/mol. The van der Waals surface area contributed by atoms with Gasteiger partial charge in [0.1, 0.15) is 6.61 Å². The molecule has 0 aromatic heterocycles. The molecule has 1 aliphatic heterocycles. The Morgan fingerprint density at radius 3 is 2.35 bits per heavy atom. The number of fused-ring (bicyclic) bond motifs is 1. The average Bonchev–Trinajstić information content (AvgIpc) is 2.88. The number of hydrogen-bond acceptors (Lipinski definition) is 4. The SMILES string of the molecule is CN(CC(c1ccc2ccccc2c1)C(OCC(=O)N1CCOCC1)c1ccccc1)C(=O)O. The van der Waals surface area contributed by atoms with E-state index in [1.807, 2.05) is 66.7 Å². The van der Waals surface area contributed by atoms with Crippen molar-refractivity contribution in [2.24, 2.45) is 0 Å². The van der Waals surface area contributed by atoms with Crippen LogP contribution in [0.25, 0.3) is 10.8 Å². The van der Waals surface area contributed by atoms with Crippen LogP contribution in [0.3, 0.4) is 0 Å². The highest BCUT2D eigenvalue weighted by Gasteiger charge is 2.30. The maximum Gasteiger partial charge on any atom is 0.407 e. The summed E-state index contributed by atoms with van der Waals surface area (Å²) in [5.74, 6) is -0.404. The predicted octanol–water partition coefficient (Wildman–Crippen LogP) is 4.15. The Morgan fingerprint density at radius 1 is 0.971 bits per heavy atom. The van der Waals surface area contributed by atoms with Crippen molar-refractivity contribution in [3.8, 4) is 0 Å². The molecule has 0 spiro atoms. The highest BCUT2D eigenvalue weighted by atomic mass is 16.5. The van der Waals surface area contributed by atoms with Crippen LogP contribution in [0.2, 0.25) is 0 Å². The minimum atomic E-state index is -1.01. The van der Waals surface area contributed by atoms with E-state index in [1.54, 1.807) is 11.9 Å². The van der Waals surface area contributed by atoms with Crippen LogP contribution in [0.15, 0.2) is 72.8 Å². The van der Waals surface area contributed by atoms with Gasteiger partial charge in [-0.3, -0.25) is 4.79 Å². The van der Waals surface area contributed by atoms with Crippen molar-refractivity contribution in [3.05, 3.63) is 83.9 Å². The normalized spacial score (nSPS) is 15.6. The number of amides is 2. The van der Waals surface area contributed by atoms with E-state index < -0.39 is 12.2 Å². The number of rotatable bonds is 8. The molecule has 0 bridgehead atoms. The molecule has 178 valence electrons. The van der Waals surface area contributed by atoms with E-state index in [2.05, 4.69) is 6.07 Å². The molecule has 1 aliphatic rings. The molecule has 7 nitrogen and oxygen atoms in total. The largest absolute Gasteiger partial charge is 0.465 e. The maximum absolute atomic E-state index is 12.8. The molecule has 2 atom stereocenters. The van der Waals surface area contributed by atoms with E-state index in [9.17, 15) is 14.7 Å². The standard InChI is InChI=1S/C27H30N2O5/c1-28(27(31)32)18-24(23-12-11-20-7-5-6-10-22(20)17-23)26(21-8-3-2-4-9-21)34-19-25(30)29-13-15-33-16-14-29/h2-12,17,24,26H,13-16,18-19H2,1H3,(H,31,32). The molecule has 7 heteroatoms. The van der Waals surface area contributed by atoms with Crippen molar-refractivity contribution in [1.29, 1.82) is 0 Å². The molecule has 1 N–H and O–H groups in total. The quantitative estimate of drug-likeness (QED) is 0.544. The lowest BCUT2D eigenvalue weighted by molar-refractivity contribution is -0.143. The summed E-state index contributed by atoms with van der Waals surface area (Å²) < 4.78 is 11.6. The topological polar surface area (TPSA) is 79.3 Å². The number of hydrogen-bond donors (Lipinski definition) is 1. The first-order valence-corrected chi connectivity index (χ1v) is 11.5. The molecular formula is C27H30N2O5. The second-order valence-corrected chi connectivity index (χ2v) is 8.51. The van der Waals surface area contributed by atoms with Crippen LogP contribution in [0.4, 0.5) is 4.79 Å². The summed E-state index contributed by atoms with van der Waals surface area (Å²) in [6.07, 6.45) is -1.52. The zero-order valence-electron chi connectivity index (χ0n) is 19.3. The van der Waals surface area contributed by atoms with Crippen LogP contribution in [-0.4, -0.2) is 73.4 Å². The highest BCUT2D eigenvalue weighted by Crippen LogP contribution is 2.36. The zero-order valence-corrected chi connectivity index (χ0v) is 19.3. The molecule has 2 unspecified atom stereocenters. The second-order valence-electron chi connectivity index (χ2n) is 8.51. The van der Waals surface area contributed by atoms with Gasteiger partial charge in [-0.15, -0.1) is 0 Å². The smallest absolute Gasteiger partial charge is 0.407 e. The minimum absolute atomic E-state index is 0.0829. The van der Waals surface area contributed by atoms with Gasteiger partial charge in [0.2, 0.25) is 5.91 Å². The number of likely N-dealkylation sites (N-methyl/N-ethyl adjacent to an activating group) is 1. The van der Waals surface area contributed by atoms with Crippen molar-refractivity contribution >= 4 is 22.8 Å². The van der Waals surface area contributed by atoms with Gasteiger partial charge in [0.05, 0.1) is 19.3 Å². The van der Waals surface area contributed by atoms with Crippen LogP contribution in [0.5, 0.6) is 0 Å². The first kappa shape index (κ1) is 23.7. The van der Waals surface area contributed by atoms with Crippen molar-refractivity contribution in [2.75, 3.05) is 46.5 Å². The van der Waals surface area contributed by atoms with E-state index in [0.717, 1.165) is 21.9 Å². The van der Waals surface area contributed by atoms with Gasteiger partial charge in [0, 0.05) is 32.6 Å². The summed E-state index contributed by atoms with van der Waals surface area (Å²) in [5, 5.41) is 11.8. The number of carbonyl (C=O) groups excluding carboxylic acids is 1. The fourth-order valence-corrected chi connectivity index (χ4v) is 4.34. The maximum atomic E-state index is 12.8. The van der Waals surface area contributed by atoms with E-state index in [4.69, 9.17) is 9.47 Å². The monoisotopic (exact) mass is 462 g/mol. The number of ether oxygens (including phenoxy) is 2. The Labute approximate surface area is 199 Å². The fraction of sp³-hybridized carbons (Fsp3) is 0.333. The Kier molecular flexibility index (Phi) is 7.77. The molecule has 0 aliphatic carbocycles. The molecule has 1 fully saturated rings. The highest BCUT2D eigenvalue weighted by molar-refractivity contribution is 5.83. The van der Waals surface area contributed by atoms with E-state index in [0.29, 0.717) is 26.3 Å². The first-order chi connectivity index (χ1) is 16.5. The van der Waals surface area contributed by atoms with Gasteiger partial charge in [-0.05, 0) is 21.9 Å². The van der Waals surface area contributed by atoms with Gasteiger partial charge in [0.15, 0.2) is 0 Å². The summed E-state index contributed by atoms with van der Waals surface area (Å²) in [6, 6.07) is 23.9. The van der Waals surface area contributed by atoms with Gasteiger partial charge < -0.3 is 24.4 Å². The molecule has 0 radical (unpaired) electrons. The Morgan fingerprint density at radius 2 is 1.65 bits per heavy atom. The summed E-state index contributed by atoms with van der Waals surface area (Å²) in [5.41, 5.74) is 1.86. The molecule has 1 heterocycles. The van der Waals surface area contributed by atoms with Gasteiger partial charge in [-0.2, -0.15) is 0 Å². The molecule has 1 saturated heterocycles. The molecule has 2 amide bonds. The van der Waals surface area contributed by atoms with Crippen LogP contribution in [0, 0.1) is 0 Å².